The van der Waals surface area contributed by atoms with E-state index in [-0.39, 0.29) is 24.9 Å². The lowest BCUT2D eigenvalue weighted by Gasteiger charge is -2.21. The number of rotatable bonds is 4. The largest absolute Gasteiger partial charge is 0.345 e. The molecule has 1 aliphatic rings. The summed E-state index contributed by atoms with van der Waals surface area (Å²) >= 11 is 1.53. The van der Waals surface area contributed by atoms with Crippen molar-refractivity contribution in [3.05, 3.63) is 72.6 Å². The first-order valence-corrected chi connectivity index (χ1v) is 10.8. The highest BCUT2D eigenvalue weighted by Crippen LogP contribution is 2.36. The number of H-pyrrole nitrogens is 1. The van der Waals surface area contributed by atoms with Gasteiger partial charge in [0.2, 0.25) is 5.91 Å². The summed E-state index contributed by atoms with van der Waals surface area (Å²) in [5.41, 5.74) is 3.92. The number of carbonyl (C=O) groups excluding carboxylic acids is 2. The van der Waals surface area contributed by atoms with Crippen molar-refractivity contribution >= 4 is 40.3 Å². The van der Waals surface area contributed by atoms with Crippen molar-refractivity contribution in [1.29, 1.82) is 0 Å². The second-order valence-electron chi connectivity index (χ2n) is 7.39. The molecule has 4 aromatic rings. The zero-order valence-corrected chi connectivity index (χ0v) is 17.6. The molecule has 3 heterocycles. The highest BCUT2D eigenvalue weighted by molar-refractivity contribution is 7.99. The molecule has 0 radical (unpaired) electrons. The van der Waals surface area contributed by atoms with Crippen LogP contribution in [-0.4, -0.2) is 50.2 Å². The maximum atomic E-state index is 13.0. The lowest BCUT2D eigenvalue weighted by Crippen LogP contribution is -2.48. The predicted molar refractivity (Wildman–Crippen MR) is 126 cm³/mol. The van der Waals surface area contributed by atoms with Crippen molar-refractivity contribution in [2.45, 2.75) is 24.9 Å². The van der Waals surface area contributed by atoms with Gasteiger partial charge in [-0.2, -0.15) is 0 Å². The van der Waals surface area contributed by atoms with Crippen LogP contribution in [0.1, 0.15) is 23.5 Å². The lowest BCUT2D eigenvalue weighted by molar-refractivity contribution is -0.119. The summed E-state index contributed by atoms with van der Waals surface area (Å²) < 4.78 is 1.85. The molecule has 0 unspecified atom stereocenters. The summed E-state index contributed by atoms with van der Waals surface area (Å²) in [5, 5.41) is 2.85. The number of amides is 2. The molecule has 1 atom stereocenters. The highest BCUT2D eigenvalue weighted by atomic mass is 32.2. The third kappa shape index (κ3) is 4.11. The van der Waals surface area contributed by atoms with Gasteiger partial charge in [-0.3, -0.25) is 9.59 Å². The van der Waals surface area contributed by atoms with Crippen LogP contribution in [0.3, 0.4) is 0 Å². The van der Waals surface area contributed by atoms with Crippen LogP contribution in [0.15, 0.2) is 66.2 Å². The quantitative estimate of drug-likeness (QED) is 0.499. The van der Waals surface area contributed by atoms with E-state index in [2.05, 4.69) is 20.3 Å². The average Bonchev–Trinajstić information content (AvgIpc) is 3.42. The molecule has 8 nitrogen and oxygen atoms in total. The number of benzene rings is 2. The third-order valence-electron chi connectivity index (χ3n) is 5.28. The molecule has 0 bridgehead atoms. The number of nitrogens with one attached hydrogen (secondary N) is 2. The standard InChI is InChI=1S/C22H20N6O2S.CH4/c1-27-19-7-15-16(24-12-23-15)8-20(19)31-11-18(22(27)30)26-21(29)17-10-28(13-25-17)9-14-5-3-2-4-6-14;/h2-8,10,12-13,18H,9,11H2,1H3,(H,23,24)(H,26,29);1H4/t18-;/m0./s1. The molecular weight excluding hydrogens is 424 g/mol. The topological polar surface area (TPSA) is 95.9 Å². The Morgan fingerprint density at radius 3 is 2.88 bits per heavy atom. The normalized spacial score (nSPS) is 15.7. The van der Waals surface area contributed by atoms with E-state index in [1.54, 1.807) is 30.8 Å². The van der Waals surface area contributed by atoms with Crippen molar-refractivity contribution in [2.75, 3.05) is 17.7 Å². The van der Waals surface area contributed by atoms with Gasteiger partial charge in [0.05, 0.1) is 29.4 Å². The number of likely N-dealkylation sites (N-methyl/N-ethyl adjacent to an activating group) is 1. The molecule has 5 rings (SSSR count). The number of carbonyl (C=O) groups is 2. The monoisotopic (exact) mass is 448 g/mol. The minimum Gasteiger partial charge on any atom is -0.345 e. The Kier molecular flexibility index (Phi) is 6.00. The minimum atomic E-state index is -0.652. The van der Waals surface area contributed by atoms with Crippen LogP contribution in [0.4, 0.5) is 5.69 Å². The number of hydrogen-bond acceptors (Lipinski definition) is 5. The van der Waals surface area contributed by atoms with Crippen LogP contribution in [0.25, 0.3) is 11.0 Å². The number of hydrogen-bond donors (Lipinski definition) is 2. The van der Waals surface area contributed by atoms with Gasteiger partial charge in [0.15, 0.2) is 0 Å². The van der Waals surface area contributed by atoms with Gasteiger partial charge in [0.25, 0.3) is 5.91 Å². The van der Waals surface area contributed by atoms with Gasteiger partial charge in [-0.1, -0.05) is 37.8 Å². The second-order valence-corrected chi connectivity index (χ2v) is 8.45. The molecule has 2 aromatic heterocycles. The van der Waals surface area contributed by atoms with Crippen LogP contribution in [0.2, 0.25) is 0 Å². The number of thioether (sulfide) groups is 1. The summed E-state index contributed by atoms with van der Waals surface area (Å²) in [5.74, 6) is -0.0937. The van der Waals surface area contributed by atoms with Crippen LogP contribution < -0.4 is 10.2 Å². The van der Waals surface area contributed by atoms with E-state index in [0.717, 1.165) is 27.2 Å². The van der Waals surface area contributed by atoms with Crippen LogP contribution in [0, 0.1) is 0 Å². The Balaban J connectivity index is 0.00000245. The molecule has 0 saturated carbocycles. The molecule has 164 valence electrons. The molecular formula is C23H24N6O2S. The maximum absolute atomic E-state index is 13.0. The highest BCUT2D eigenvalue weighted by Gasteiger charge is 2.31. The molecule has 2 amide bonds. The van der Waals surface area contributed by atoms with Gasteiger partial charge in [0.1, 0.15) is 11.7 Å². The van der Waals surface area contributed by atoms with E-state index in [1.165, 1.54) is 11.8 Å². The van der Waals surface area contributed by atoms with Crippen molar-refractivity contribution in [3.8, 4) is 0 Å². The lowest BCUT2D eigenvalue weighted by atomic mass is 10.2. The second kappa shape index (κ2) is 8.88. The Morgan fingerprint density at radius 1 is 1.25 bits per heavy atom. The van der Waals surface area contributed by atoms with Gasteiger partial charge in [0, 0.05) is 30.4 Å². The smallest absolute Gasteiger partial charge is 0.272 e. The summed E-state index contributed by atoms with van der Waals surface area (Å²) in [6.45, 7) is 0.624. The molecule has 32 heavy (non-hydrogen) atoms. The van der Waals surface area contributed by atoms with Crippen molar-refractivity contribution in [3.63, 3.8) is 0 Å². The Labute approximate surface area is 190 Å². The van der Waals surface area contributed by atoms with Crippen LogP contribution in [-0.2, 0) is 11.3 Å². The predicted octanol–water partition coefficient (Wildman–Crippen LogP) is 3.31. The molecule has 0 spiro atoms. The summed E-state index contributed by atoms with van der Waals surface area (Å²) in [7, 11) is 1.73. The molecule has 2 N–H and O–H groups in total. The number of anilines is 1. The SMILES string of the molecule is C.CN1C(=O)[C@@H](NC(=O)c2cn(Cc3ccccc3)cn2)CSc2cc3nc[nH]c3cc21. The van der Waals surface area contributed by atoms with E-state index in [4.69, 9.17) is 0 Å². The van der Waals surface area contributed by atoms with Crippen molar-refractivity contribution in [2.24, 2.45) is 0 Å². The average molecular weight is 449 g/mol. The fourth-order valence-corrected chi connectivity index (χ4v) is 4.73. The van der Waals surface area contributed by atoms with Crippen molar-refractivity contribution < 1.29 is 9.59 Å². The summed E-state index contributed by atoms with van der Waals surface area (Å²) in [6.07, 6.45) is 4.96. The zero-order chi connectivity index (χ0) is 21.4. The first kappa shape index (κ1) is 21.6. The Morgan fingerprint density at radius 2 is 2.06 bits per heavy atom. The molecule has 0 saturated heterocycles. The number of fused-ring (bicyclic) bond motifs is 2. The minimum absolute atomic E-state index is 0. The number of aromatic nitrogens is 4. The van der Waals surface area contributed by atoms with E-state index < -0.39 is 6.04 Å². The van der Waals surface area contributed by atoms with Gasteiger partial charge >= 0.3 is 0 Å². The van der Waals surface area contributed by atoms with Crippen LogP contribution >= 0.6 is 11.8 Å². The van der Waals surface area contributed by atoms with E-state index in [0.29, 0.717) is 12.3 Å². The zero-order valence-electron chi connectivity index (χ0n) is 16.8. The maximum Gasteiger partial charge on any atom is 0.272 e. The summed E-state index contributed by atoms with van der Waals surface area (Å²) in [6, 6.07) is 13.2. The first-order valence-electron chi connectivity index (χ1n) is 9.82. The first-order chi connectivity index (χ1) is 15.1. The fourth-order valence-electron chi connectivity index (χ4n) is 3.62. The van der Waals surface area contributed by atoms with E-state index in [9.17, 15) is 9.59 Å². The van der Waals surface area contributed by atoms with Crippen LogP contribution in [0.5, 0.6) is 0 Å². The fraction of sp³-hybridized carbons (Fsp3) is 0.217. The number of nitrogens with zero attached hydrogens (tertiary/aromatic N) is 4. The van der Waals surface area contributed by atoms with Crippen molar-refractivity contribution in [1.82, 2.24) is 24.8 Å². The van der Waals surface area contributed by atoms with Gasteiger partial charge in [-0.15, -0.1) is 11.8 Å². The molecule has 9 heteroatoms. The van der Waals surface area contributed by atoms with Gasteiger partial charge in [-0.25, -0.2) is 9.97 Å². The number of aromatic amines is 1. The Hall–Kier alpha value is -3.59. The molecule has 0 fully saturated rings. The van der Waals surface area contributed by atoms with E-state index >= 15 is 0 Å². The van der Waals surface area contributed by atoms with Gasteiger partial charge in [-0.05, 0) is 17.7 Å². The summed E-state index contributed by atoms with van der Waals surface area (Å²) in [4.78, 5) is 40.0. The third-order valence-corrected chi connectivity index (χ3v) is 6.41. The van der Waals surface area contributed by atoms with E-state index in [1.807, 2.05) is 47.0 Å². The Bertz CT molecular complexity index is 1270. The molecule has 1 aliphatic heterocycles. The molecule has 2 aromatic carbocycles. The van der Waals surface area contributed by atoms with Gasteiger partial charge < -0.3 is 19.8 Å². The molecule has 0 aliphatic carbocycles. The number of imidazole rings is 2.